The summed E-state index contributed by atoms with van der Waals surface area (Å²) in [6, 6.07) is 11.0. The lowest BCUT2D eigenvalue weighted by Crippen LogP contribution is -1.80. The maximum Gasteiger partial charge on any atom is 0.141 e. The number of para-hydroxylation sites is 1. The molecule has 0 saturated heterocycles. The van der Waals surface area contributed by atoms with Crippen LogP contribution in [0.5, 0.6) is 0 Å². The van der Waals surface area contributed by atoms with Gasteiger partial charge in [-0.05, 0) is 25.1 Å². The molecule has 1 aromatic heterocycles. The van der Waals surface area contributed by atoms with Crippen LogP contribution < -0.4 is 0 Å². The van der Waals surface area contributed by atoms with Gasteiger partial charge in [0.2, 0.25) is 0 Å². The third-order valence-corrected chi connectivity index (χ3v) is 2.73. The van der Waals surface area contributed by atoms with Crippen LogP contribution in [-0.2, 0) is 0 Å². The Balaban J connectivity index is 2.60. The van der Waals surface area contributed by atoms with E-state index in [9.17, 15) is 4.39 Å². The van der Waals surface area contributed by atoms with E-state index in [0.29, 0.717) is 11.1 Å². The van der Waals surface area contributed by atoms with Crippen molar-refractivity contribution in [1.29, 1.82) is 0 Å². The normalized spacial score (nSPS) is 11.3. The van der Waals surface area contributed by atoms with Gasteiger partial charge in [0, 0.05) is 16.3 Å². The molecule has 15 heavy (non-hydrogen) atoms. The van der Waals surface area contributed by atoms with Crippen LogP contribution in [0, 0.1) is 12.7 Å². The molecule has 0 aliphatic carbocycles. The molecule has 0 aliphatic heterocycles. The van der Waals surface area contributed by atoms with Crippen molar-refractivity contribution in [2.45, 2.75) is 6.92 Å². The van der Waals surface area contributed by atoms with Gasteiger partial charge in [-0.1, -0.05) is 18.2 Å². The van der Waals surface area contributed by atoms with Crippen LogP contribution in [0.2, 0.25) is 0 Å². The highest BCUT2D eigenvalue weighted by Crippen LogP contribution is 2.31. The van der Waals surface area contributed by atoms with E-state index in [-0.39, 0.29) is 5.82 Å². The smallest absolute Gasteiger partial charge is 0.141 e. The summed E-state index contributed by atoms with van der Waals surface area (Å²) in [5, 5.41) is 2.01. The summed E-state index contributed by atoms with van der Waals surface area (Å²) >= 11 is 0. The molecule has 0 N–H and O–H groups in total. The molecule has 0 spiro atoms. The van der Waals surface area contributed by atoms with Crippen LogP contribution >= 0.6 is 0 Å². The van der Waals surface area contributed by atoms with Gasteiger partial charge in [-0.2, -0.15) is 0 Å². The van der Waals surface area contributed by atoms with E-state index in [4.69, 9.17) is 4.42 Å². The molecule has 0 aliphatic rings. The molecular formula is C13H9FO. The van der Waals surface area contributed by atoms with Crippen LogP contribution in [0.4, 0.5) is 4.39 Å². The second-order valence-corrected chi connectivity index (χ2v) is 3.65. The van der Waals surface area contributed by atoms with Gasteiger partial charge < -0.3 is 4.42 Å². The van der Waals surface area contributed by atoms with Crippen molar-refractivity contribution in [2.75, 3.05) is 0 Å². The first kappa shape index (κ1) is 8.48. The highest BCUT2D eigenvalue weighted by Gasteiger charge is 2.10. The molecule has 0 atom stereocenters. The standard InChI is InChI=1S/C13H9FO/c1-8-11(14)7-6-10-9-4-2-3-5-12(9)15-13(8)10/h2-7H,1H3. The summed E-state index contributed by atoms with van der Waals surface area (Å²) in [4.78, 5) is 0. The zero-order chi connectivity index (χ0) is 10.4. The highest BCUT2D eigenvalue weighted by molar-refractivity contribution is 6.05. The molecule has 0 saturated carbocycles. The maximum absolute atomic E-state index is 13.3. The Morgan fingerprint density at radius 1 is 1.00 bits per heavy atom. The van der Waals surface area contributed by atoms with Crippen molar-refractivity contribution < 1.29 is 8.81 Å². The molecular weight excluding hydrogens is 191 g/mol. The molecule has 3 aromatic rings. The van der Waals surface area contributed by atoms with E-state index in [1.807, 2.05) is 24.3 Å². The Kier molecular flexibility index (Phi) is 1.60. The molecule has 74 valence electrons. The first-order valence-electron chi connectivity index (χ1n) is 4.84. The molecule has 0 fully saturated rings. The van der Waals surface area contributed by atoms with Gasteiger partial charge >= 0.3 is 0 Å². The van der Waals surface area contributed by atoms with Crippen molar-refractivity contribution in [2.24, 2.45) is 0 Å². The SMILES string of the molecule is Cc1c(F)ccc2c1oc1ccccc12. The lowest BCUT2D eigenvalue weighted by molar-refractivity contribution is 0.607. The monoisotopic (exact) mass is 200 g/mol. The predicted octanol–water partition coefficient (Wildman–Crippen LogP) is 4.03. The maximum atomic E-state index is 13.3. The minimum absolute atomic E-state index is 0.221. The van der Waals surface area contributed by atoms with E-state index in [0.717, 1.165) is 16.4 Å². The van der Waals surface area contributed by atoms with Gasteiger partial charge in [0.05, 0.1) is 0 Å². The lowest BCUT2D eigenvalue weighted by atomic mass is 10.1. The Labute approximate surface area is 86.1 Å². The van der Waals surface area contributed by atoms with Crippen LogP contribution in [0.3, 0.4) is 0 Å². The van der Waals surface area contributed by atoms with Crippen molar-refractivity contribution in [1.82, 2.24) is 0 Å². The van der Waals surface area contributed by atoms with Gasteiger partial charge in [0.1, 0.15) is 17.0 Å². The quantitative estimate of drug-likeness (QED) is 0.534. The number of halogens is 1. The lowest BCUT2D eigenvalue weighted by Gasteiger charge is -1.95. The first-order chi connectivity index (χ1) is 7.27. The van der Waals surface area contributed by atoms with E-state index < -0.39 is 0 Å². The fourth-order valence-corrected chi connectivity index (χ4v) is 1.90. The summed E-state index contributed by atoms with van der Waals surface area (Å²) in [5.74, 6) is -0.221. The van der Waals surface area contributed by atoms with Crippen LogP contribution in [0.1, 0.15) is 5.56 Å². The van der Waals surface area contributed by atoms with Gasteiger partial charge in [-0.25, -0.2) is 4.39 Å². The zero-order valence-corrected chi connectivity index (χ0v) is 8.25. The number of furan rings is 1. The molecule has 1 heterocycles. The number of rotatable bonds is 0. The summed E-state index contributed by atoms with van der Waals surface area (Å²) in [7, 11) is 0. The highest BCUT2D eigenvalue weighted by atomic mass is 19.1. The van der Waals surface area contributed by atoms with Crippen molar-refractivity contribution in [3.8, 4) is 0 Å². The van der Waals surface area contributed by atoms with E-state index >= 15 is 0 Å². The fourth-order valence-electron chi connectivity index (χ4n) is 1.90. The summed E-state index contributed by atoms with van der Waals surface area (Å²) in [5.41, 5.74) is 2.03. The Morgan fingerprint density at radius 2 is 1.80 bits per heavy atom. The summed E-state index contributed by atoms with van der Waals surface area (Å²) in [6.45, 7) is 1.74. The summed E-state index contributed by atoms with van der Waals surface area (Å²) < 4.78 is 18.9. The van der Waals surface area contributed by atoms with Crippen LogP contribution in [0.15, 0.2) is 40.8 Å². The van der Waals surface area contributed by atoms with E-state index in [2.05, 4.69) is 0 Å². The molecule has 2 heteroatoms. The van der Waals surface area contributed by atoms with Gasteiger partial charge in [0.25, 0.3) is 0 Å². The summed E-state index contributed by atoms with van der Waals surface area (Å²) in [6.07, 6.45) is 0. The minimum atomic E-state index is -0.221. The number of fused-ring (bicyclic) bond motifs is 3. The van der Waals surface area contributed by atoms with Crippen molar-refractivity contribution in [3.05, 3.63) is 47.8 Å². The number of hydrogen-bond acceptors (Lipinski definition) is 1. The van der Waals surface area contributed by atoms with Gasteiger partial charge in [-0.3, -0.25) is 0 Å². The Hall–Kier alpha value is -1.83. The molecule has 0 amide bonds. The fraction of sp³-hybridized carbons (Fsp3) is 0.0769. The van der Waals surface area contributed by atoms with E-state index in [1.54, 1.807) is 13.0 Å². The zero-order valence-electron chi connectivity index (χ0n) is 8.25. The average Bonchev–Trinajstić information content (AvgIpc) is 2.63. The van der Waals surface area contributed by atoms with Crippen molar-refractivity contribution >= 4 is 21.9 Å². The largest absolute Gasteiger partial charge is 0.456 e. The van der Waals surface area contributed by atoms with E-state index in [1.165, 1.54) is 6.07 Å². The molecule has 0 bridgehead atoms. The van der Waals surface area contributed by atoms with Crippen LogP contribution in [-0.4, -0.2) is 0 Å². The second kappa shape index (κ2) is 2.83. The van der Waals surface area contributed by atoms with Crippen molar-refractivity contribution in [3.63, 3.8) is 0 Å². The third-order valence-electron chi connectivity index (χ3n) is 2.73. The van der Waals surface area contributed by atoms with Gasteiger partial charge in [-0.15, -0.1) is 0 Å². The number of aryl methyl sites for hydroxylation is 1. The number of hydrogen-bond donors (Lipinski definition) is 0. The van der Waals surface area contributed by atoms with Gasteiger partial charge in [0.15, 0.2) is 0 Å². The minimum Gasteiger partial charge on any atom is -0.456 e. The second-order valence-electron chi connectivity index (χ2n) is 3.65. The average molecular weight is 200 g/mol. The topological polar surface area (TPSA) is 13.1 Å². The number of benzene rings is 2. The predicted molar refractivity (Wildman–Crippen MR) is 58.4 cm³/mol. The first-order valence-corrected chi connectivity index (χ1v) is 4.84. The Morgan fingerprint density at radius 3 is 2.67 bits per heavy atom. The molecule has 3 rings (SSSR count). The molecule has 2 aromatic carbocycles. The molecule has 1 nitrogen and oxygen atoms in total. The Bertz CT molecular complexity index is 652. The molecule has 0 radical (unpaired) electrons. The third kappa shape index (κ3) is 1.08. The molecule has 0 unspecified atom stereocenters. The van der Waals surface area contributed by atoms with Crippen LogP contribution in [0.25, 0.3) is 21.9 Å².